The number of carbonyl (C=O) groups is 1. The summed E-state index contributed by atoms with van der Waals surface area (Å²) in [6.45, 7) is -0.135. The Morgan fingerprint density at radius 1 is 1.70 bits per heavy atom. The van der Waals surface area contributed by atoms with Crippen LogP contribution in [0.25, 0.3) is 0 Å². The summed E-state index contributed by atoms with van der Waals surface area (Å²) in [7, 11) is 0. The minimum absolute atomic E-state index is 0.135. The third kappa shape index (κ3) is 1.53. The summed E-state index contributed by atoms with van der Waals surface area (Å²) in [5.74, 6) is -0.301. The van der Waals surface area contributed by atoms with E-state index in [0.717, 1.165) is 0 Å². The molecule has 1 aliphatic rings. The second-order valence-electron chi connectivity index (χ2n) is 2.30. The van der Waals surface area contributed by atoms with E-state index >= 15 is 0 Å². The van der Waals surface area contributed by atoms with Crippen LogP contribution in [0.2, 0.25) is 0 Å². The zero-order valence-electron chi connectivity index (χ0n) is 5.49. The molecule has 0 spiro atoms. The lowest BCUT2D eigenvalue weighted by Gasteiger charge is -2.23. The molecule has 58 valence electrons. The summed E-state index contributed by atoms with van der Waals surface area (Å²) in [5, 5.41) is 17.3. The van der Waals surface area contributed by atoms with Crippen molar-refractivity contribution >= 4 is 5.78 Å². The van der Waals surface area contributed by atoms with Gasteiger partial charge in [0.05, 0.1) is 12.7 Å². The number of hydrogen-bond donors (Lipinski definition) is 2. The average molecular weight is 146 g/mol. The third-order valence-electron chi connectivity index (χ3n) is 1.51. The van der Waals surface area contributed by atoms with Gasteiger partial charge in [-0.05, 0) is 6.42 Å². The molecular weight excluding hydrogens is 136 g/mol. The van der Waals surface area contributed by atoms with Crippen LogP contribution in [0.15, 0.2) is 0 Å². The van der Waals surface area contributed by atoms with E-state index in [9.17, 15) is 4.79 Å². The van der Waals surface area contributed by atoms with Gasteiger partial charge in [-0.15, -0.1) is 0 Å². The minimum Gasteiger partial charge on any atom is -0.394 e. The van der Waals surface area contributed by atoms with Crippen LogP contribution in [0, 0.1) is 0 Å². The Balaban J connectivity index is 2.40. The van der Waals surface area contributed by atoms with Gasteiger partial charge in [-0.25, -0.2) is 0 Å². The Labute approximate surface area is 58.4 Å². The van der Waals surface area contributed by atoms with Crippen LogP contribution in [0.3, 0.4) is 0 Å². The lowest BCUT2D eigenvalue weighted by atomic mass is 10.1. The number of aliphatic hydroxyl groups is 2. The number of carbonyl (C=O) groups excluding carboxylic acids is 1. The van der Waals surface area contributed by atoms with Crippen LogP contribution >= 0.6 is 0 Å². The van der Waals surface area contributed by atoms with Crippen LogP contribution in [-0.2, 0) is 9.53 Å². The van der Waals surface area contributed by atoms with E-state index in [1.54, 1.807) is 0 Å². The quantitative estimate of drug-likeness (QED) is 0.500. The molecule has 2 atom stereocenters. The van der Waals surface area contributed by atoms with Gasteiger partial charge in [0.1, 0.15) is 0 Å². The molecule has 1 heterocycles. The van der Waals surface area contributed by atoms with Crippen molar-refractivity contribution in [3.8, 4) is 0 Å². The van der Waals surface area contributed by atoms with Crippen molar-refractivity contribution in [2.75, 3.05) is 6.61 Å². The number of Topliss-reactive ketones (excluding diaryl/α,β-unsaturated/α-hetero) is 1. The number of ether oxygens (including phenoxy) is 1. The first-order valence-electron chi connectivity index (χ1n) is 3.21. The molecular formula is C6H10O4. The molecule has 0 aromatic carbocycles. The van der Waals surface area contributed by atoms with Crippen molar-refractivity contribution in [2.45, 2.75) is 25.2 Å². The zero-order valence-corrected chi connectivity index (χ0v) is 5.49. The molecule has 1 rings (SSSR count). The highest BCUT2D eigenvalue weighted by Gasteiger charge is 2.26. The summed E-state index contributed by atoms with van der Waals surface area (Å²) in [5.41, 5.74) is 0. The maximum Gasteiger partial charge on any atom is 0.215 e. The van der Waals surface area contributed by atoms with Crippen LogP contribution in [0.4, 0.5) is 0 Å². The van der Waals surface area contributed by atoms with Gasteiger partial charge in [-0.2, -0.15) is 0 Å². The highest BCUT2D eigenvalue weighted by Crippen LogP contribution is 2.13. The Morgan fingerprint density at radius 2 is 2.40 bits per heavy atom. The Kier molecular flexibility index (Phi) is 2.37. The summed E-state index contributed by atoms with van der Waals surface area (Å²) < 4.78 is 4.70. The molecule has 4 nitrogen and oxygen atoms in total. The molecule has 2 N–H and O–H groups in total. The minimum atomic E-state index is -1.31. The maximum atomic E-state index is 10.6. The fourth-order valence-corrected chi connectivity index (χ4v) is 0.887. The van der Waals surface area contributed by atoms with E-state index in [2.05, 4.69) is 0 Å². The van der Waals surface area contributed by atoms with Crippen molar-refractivity contribution in [2.24, 2.45) is 0 Å². The van der Waals surface area contributed by atoms with E-state index in [4.69, 9.17) is 14.9 Å². The second-order valence-corrected chi connectivity index (χ2v) is 2.30. The van der Waals surface area contributed by atoms with Gasteiger partial charge >= 0.3 is 0 Å². The van der Waals surface area contributed by atoms with Crippen molar-refractivity contribution in [1.82, 2.24) is 0 Å². The predicted molar refractivity (Wildman–Crippen MR) is 32.2 cm³/mol. The highest BCUT2D eigenvalue weighted by atomic mass is 16.6. The molecule has 1 saturated heterocycles. The Bertz CT molecular complexity index is 134. The molecule has 1 fully saturated rings. The van der Waals surface area contributed by atoms with Gasteiger partial charge in [-0.3, -0.25) is 4.79 Å². The molecule has 4 heteroatoms. The van der Waals surface area contributed by atoms with Crippen molar-refractivity contribution in [1.29, 1.82) is 0 Å². The number of hydrogen-bond acceptors (Lipinski definition) is 4. The average Bonchev–Trinajstić information content (AvgIpc) is 1.95. The summed E-state index contributed by atoms with van der Waals surface area (Å²) in [6, 6.07) is 0. The molecule has 0 saturated carbocycles. The fourth-order valence-electron chi connectivity index (χ4n) is 0.887. The smallest absolute Gasteiger partial charge is 0.215 e. The molecule has 0 aliphatic carbocycles. The SMILES string of the molecule is O=C1CC[C@@H](CO)OC1O. The number of aliphatic hydroxyl groups excluding tert-OH is 2. The Hall–Kier alpha value is -0.450. The lowest BCUT2D eigenvalue weighted by Crippen LogP contribution is -2.36. The van der Waals surface area contributed by atoms with Gasteiger partial charge in [-0.1, -0.05) is 0 Å². The van der Waals surface area contributed by atoms with Crippen molar-refractivity contribution in [3.63, 3.8) is 0 Å². The summed E-state index contributed by atoms with van der Waals surface area (Å²) in [4.78, 5) is 10.6. The fraction of sp³-hybridized carbons (Fsp3) is 0.833. The van der Waals surface area contributed by atoms with Crippen LogP contribution in [0.1, 0.15) is 12.8 Å². The van der Waals surface area contributed by atoms with E-state index in [1.807, 2.05) is 0 Å². The highest BCUT2D eigenvalue weighted by molar-refractivity contribution is 5.82. The van der Waals surface area contributed by atoms with Gasteiger partial charge in [0.25, 0.3) is 0 Å². The van der Waals surface area contributed by atoms with Gasteiger partial charge in [0.2, 0.25) is 6.29 Å². The van der Waals surface area contributed by atoms with Gasteiger partial charge in [0.15, 0.2) is 5.78 Å². The first-order chi connectivity index (χ1) is 4.74. The van der Waals surface area contributed by atoms with Crippen LogP contribution in [0.5, 0.6) is 0 Å². The first kappa shape index (κ1) is 7.65. The summed E-state index contributed by atoms with van der Waals surface area (Å²) in [6.07, 6.45) is -0.878. The standard InChI is InChI=1S/C6H10O4/c7-3-4-1-2-5(8)6(9)10-4/h4,6-7,9H,1-3H2/t4-,6?/m0/s1. The van der Waals surface area contributed by atoms with Crippen LogP contribution in [-0.4, -0.2) is 35.0 Å². The van der Waals surface area contributed by atoms with Gasteiger partial charge < -0.3 is 14.9 Å². The first-order valence-corrected chi connectivity index (χ1v) is 3.21. The van der Waals surface area contributed by atoms with E-state index in [-0.39, 0.29) is 18.5 Å². The Morgan fingerprint density at radius 3 is 2.90 bits per heavy atom. The third-order valence-corrected chi connectivity index (χ3v) is 1.51. The molecule has 0 bridgehead atoms. The topological polar surface area (TPSA) is 66.8 Å². The largest absolute Gasteiger partial charge is 0.394 e. The van der Waals surface area contributed by atoms with Crippen LogP contribution < -0.4 is 0 Å². The van der Waals surface area contributed by atoms with Crippen molar-refractivity contribution < 1.29 is 19.7 Å². The molecule has 0 aromatic heterocycles. The number of ketones is 1. The maximum absolute atomic E-state index is 10.6. The predicted octanol–water partition coefficient (Wildman–Crippen LogP) is -0.955. The van der Waals surface area contributed by atoms with E-state index in [1.165, 1.54) is 0 Å². The summed E-state index contributed by atoms with van der Waals surface area (Å²) >= 11 is 0. The number of rotatable bonds is 1. The van der Waals surface area contributed by atoms with E-state index < -0.39 is 6.29 Å². The zero-order chi connectivity index (χ0) is 7.56. The van der Waals surface area contributed by atoms with Gasteiger partial charge in [0, 0.05) is 6.42 Å². The lowest BCUT2D eigenvalue weighted by molar-refractivity contribution is -0.183. The molecule has 1 unspecified atom stereocenters. The molecule has 0 radical (unpaired) electrons. The molecule has 10 heavy (non-hydrogen) atoms. The molecule has 0 aromatic rings. The molecule has 1 aliphatic heterocycles. The monoisotopic (exact) mass is 146 g/mol. The van der Waals surface area contributed by atoms with E-state index in [0.29, 0.717) is 12.8 Å². The molecule has 0 amide bonds. The second kappa shape index (κ2) is 3.09. The normalized spacial score (nSPS) is 34.4. The van der Waals surface area contributed by atoms with Crippen molar-refractivity contribution in [3.05, 3.63) is 0 Å².